The van der Waals surface area contributed by atoms with Gasteiger partial charge in [0.2, 0.25) is 0 Å². The molecule has 0 spiro atoms. The lowest BCUT2D eigenvalue weighted by Crippen LogP contribution is -1.82. The number of nitrogens with zero attached hydrogens (tertiary/aromatic N) is 1. The van der Waals surface area contributed by atoms with Crippen LogP contribution in [0.3, 0.4) is 0 Å². The van der Waals surface area contributed by atoms with Gasteiger partial charge in [0.15, 0.2) is 0 Å². The minimum Gasteiger partial charge on any atom is -0.303 e. The van der Waals surface area contributed by atoms with Crippen LogP contribution in [-0.2, 0) is 11.2 Å². The normalized spacial score (nSPS) is 9.44. The molecule has 0 aromatic carbocycles. The third kappa shape index (κ3) is 1.61. The molecule has 1 aromatic rings. The quantitative estimate of drug-likeness (QED) is 0.579. The zero-order valence-corrected chi connectivity index (χ0v) is 5.94. The molecule has 0 fully saturated rings. The van der Waals surface area contributed by atoms with E-state index < -0.39 is 0 Å². The van der Waals surface area contributed by atoms with E-state index in [0.29, 0.717) is 6.42 Å². The Hall–Kier alpha value is -0.700. The first-order valence-electron chi connectivity index (χ1n) is 2.69. The summed E-state index contributed by atoms with van der Waals surface area (Å²) in [6.07, 6.45) is 1.32. The fourth-order valence-electron chi connectivity index (χ4n) is 0.600. The van der Waals surface area contributed by atoms with E-state index in [0.717, 1.165) is 16.9 Å². The predicted octanol–water partition coefficient (Wildman–Crippen LogP) is 1.19. The highest BCUT2D eigenvalue weighted by atomic mass is 32.1. The number of aldehydes is 1. The van der Waals surface area contributed by atoms with Gasteiger partial charge in [-0.2, -0.15) is 4.37 Å². The second-order valence-electron chi connectivity index (χ2n) is 1.80. The van der Waals surface area contributed by atoms with Crippen LogP contribution in [0.4, 0.5) is 0 Å². The molecule has 0 saturated carbocycles. The molecule has 0 unspecified atom stereocenters. The minimum atomic E-state index is 0.449. The van der Waals surface area contributed by atoms with Crippen molar-refractivity contribution in [2.24, 2.45) is 0 Å². The van der Waals surface area contributed by atoms with Crippen LogP contribution in [-0.4, -0.2) is 10.7 Å². The molecule has 0 aliphatic heterocycles. The number of carbonyl (C=O) groups is 1. The first-order chi connectivity index (χ1) is 4.33. The SMILES string of the molecule is Cc1cc(CC=O)ns1. The van der Waals surface area contributed by atoms with Crippen molar-refractivity contribution in [3.63, 3.8) is 0 Å². The second-order valence-corrected chi connectivity index (χ2v) is 2.81. The van der Waals surface area contributed by atoms with Gasteiger partial charge in [0, 0.05) is 11.3 Å². The van der Waals surface area contributed by atoms with Gasteiger partial charge in [0.25, 0.3) is 0 Å². The zero-order valence-electron chi connectivity index (χ0n) is 5.13. The molecular formula is C6H7NOS. The van der Waals surface area contributed by atoms with Gasteiger partial charge in [-0.3, -0.25) is 0 Å². The molecule has 1 rings (SSSR count). The Labute approximate surface area is 57.7 Å². The summed E-state index contributed by atoms with van der Waals surface area (Å²) in [5.41, 5.74) is 0.882. The van der Waals surface area contributed by atoms with Crippen LogP contribution in [0, 0.1) is 6.92 Å². The molecule has 2 nitrogen and oxygen atoms in total. The lowest BCUT2D eigenvalue weighted by Gasteiger charge is -1.77. The fourth-order valence-corrected chi connectivity index (χ4v) is 1.18. The molecule has 0 N–H and O–H groups in total. The lowest BCUT2D eigenvalue weighted by molar-refractivity contribution is -0.107. The third-order valence-electron chi connectivity index (χ3n) is 0.969. The first kappa shape index (κ1) is 6.42. The molecule has 0 radical (unpaired) electrons. The predicted molar refractivity (Wildman–Crippen MR) is 36.6 cm³/mol. The Morgan fingerprint density at radius 3 is 3.11 bits per heavy atom. The highest BCUT2D eigenvalue weighted by molar-refractivity contribution is 7.05. The Kier molecular flexibility index (Phi) is 1.95. The summed E-state index contributed by atoms with van der Waals surface area (Å²) in [7, 11) is 0. The smallest absolute Gasteiger partial charge is 0.125 e. The first-order valence-corrected chi connectivity index (χ1v) is 3.46. The van der Waals surface area contributed by atoms with Gasteiger partial charge in [-0.25, -0.2) is 0 Å². The van der Waals surface area contributed by atoms with Crippen molar-refractivity contribution in [1.29, 1.82) is 0 Å². The van der Waals surface area contributed by atoms with Gasteiger partial charge in [-0.15, -0.1) is 0 Å². The van der Waals surface area contributed by atoms with Crippen LogP contribution in [0.5, 0.6) is 0 Å². The molecule has 1 heterocycles. The summed E-state index contributed by atoms with van der Waals surface area (Å²) in [5.74, 6) is 0. The molecule has 0 bridgehead atoms. The van der Waals surface area contributed by atoms with Crippen LogP contribution >= 0.6 is 11.5 Å². The van der Waals surface area contributed by atoms with E-state index >= 15 is 0 Å². The Bertz CT molecular complexity index is 207. The van der Waals surface area contributed by atoms with Crippen LogP contribution in [0.1, 0.15) is 10.6 Å². The third-order valence-corrected chi connectivity index (χ3v) is 1.70. The second kappa shape index (κ2) is 2.73. The Balaban J connectivity index is 2.72. The van der Waals surface area contributed by atoms with Crippen LogP contribution in [0.15, 0.2) is 6.07 Å². The average Bonchev–Trinajstić information content (AvgIpc) is 2.17. The average molecular weight is 141 g/mol. The largest absolute Gasteiger partial charge is 0.303 e. The van der Waals surface area contributed by atoms with E-state index in [1.54, 1.807) is 0 Å². The van der Waals surface area contributed by atoms with Crippen LogP contribution < -0.4 is 0 Å². The molecular weight excluding hydrogens is 134 g/mol. The minimum absolute atomic E-state index is 0.449. The van der Waals surface area contributed by atoms with E-state index in [2.05, 4.69) is 4.37 Å². The monoisotopic (exact) mass is 141 g/mol. The maximum atomic E-state index is 9.95. The molecule has 0 aliphatic rings. The molecule has 48 valence electrons. The van der Waals surface area contributed by atoms with Gasteiger partial charge in [0.05, 0.1) is 5.69 Å². The fraction of sp³-hybridized carbons (Fsp3) is 0.333. The van der Waals surface area contributed by atoms with E-state index in [1.807, 2.05) is 13.0 Å². The Morgan fingerprint density at radius 2 is 2.67 bits per heavy atom. The van der Waals surface area contributed by atoms with Crippen LogP contribution in [0.2, 0.25) is 0 Å². The summed E-state index contributed by atoms with van der Waals surface area (Å²) >= 11 is 1.44. The molecule has 0 atom stereocenters. The molecule has 9 heavy (non-hydrogen) atoms. The molecule has 0 amide bonds. The summed E-state index contributed by atoms with van der Waals surface area (Å²) in [6.45, 7) is 1.98. The van der Waals surface area contributed by atoms with Gasteiger partial charge in [-0.1, -0.05) is 0 Å². The van der Waals surface area contributed by atoms with Crippen molar-refractivity contribution in [2.75, 3.05) is 0 Å². The van der Waals surface area contributed by atoms with E-state index in [4.69, 9.17) is 0 Å². The summed E-state index contributed by atoms with van der Waals surface area (Å²) in [5, 5.41) is 0. The maximum absolute atomic E-state index is 9.95. The molecule has 0 saturated heterocycles. The van der Waals surface area contributed by atoms with E-state index in [9.17, 15) is 4.79 Å². The van der Waals surface area contributed by atoms with Crippen molar-refractivity contribution in [3.05, 3.63) is 16.6 Å². The van der Waals surface area contributed by atoms with Crippen molar-refractivity contribution in [1.82, 2.24) is 4.37 Å². The number of hydrogen-bond donors (Lipinski definition) is 0. The number of rotatable bonds is 2. The molecule has 3 heteroatoms. The van der Waals surface area contributed by atoms with Crippen LogP contribution in [0.25, 0.3) is 0 Å². The summed E-state index contributed by atoms with van der Waals surface area (Å²) in [6, 6.07) is 1.93. The highest BCUT2D eigenvalue weighted by Crippen LogP contribution is 2.06. The number of carbonyl (C=O) groups excluding carboxylic acids is 1. The van der Waals surface area contributed by atoms with Gasteiger partial charge < -0.3 is 4.79 Å². The zero-order chi connectivity index (χ0) is 6.69. The molecule has 1 aromatic heterocycles. The standard InChI is InChI=1S/C6H7NOS/c1-5-4-6(2-3-8)7-9-5/h3-4H,2H2,1H3. The molecule has 0 aliphatic carbocycles. The summed E-state index contributed by atoms with van der Waals surface area (Å²) < 4.78 is 4.02. The highest BCUT2D eigenvalue weighted by Gasteiger charge is 1.94. The van der Waals surface area contributed by atoms with Crippen molar-refractivity contribution in [3.8, 4) is 0 Å². The van der Waals surface area contributed by atoms with E-state index in [1.165, 1.54) is 11.5 Å². The van der Waals surface area contributed by atoms with Crippen molar-refractivity contribution in [2.45, 2.75) is 13.3 Å². The maximum Gasteiger partial charge on any atom is 0.125 e. The van der Waals surface area contributed by atoms with Gasteiger partial charge >= 0.3 is 0 Å². The van der Waals surface area contributed by atoms with E-state index in [-0.39, 0.29) is 0 Å². The van der Waals surface area contributed by atoms with Crippen molar-refractivity contribution >= 4 is 17.8 Å². The number of aromatic nitrogens is 1. The van der Waals surface area contributed by atoms with Gasteiger partial charge in [-0.05, 0) is 24.5 Å². The number of aryl methyl sites for hydroxylation is 1. The van der Waals surface area contributed by atoms with Crippen molar-refractivity contribution < 1.29 is 4.79 Å². The number of hydrogen-bond acceptors (Lipinski definition) is 3. The topological polar surface area (TPSA) is 30.0 Å². The lowest BCUT2D eigenvalue weighted by atomic mass is 10.3. The Morgan fingerprint density at radius 1 is 1.89 bits per heavy atom. The summed E-state index contributed by atoms with van der Waals surface area (Å²) in [4.78, 5) is 11.1. The van der Waals surface area contributed by atoms with Gasteiger partial charge in [0.1, 0.15) is 6.29 Å².